The summed E-state index contributed by atoms with van der Waals surface area (Å²) in [6.45, 7) is 12.8. The smallest absolute Gasteiger partial charge is 0.162 e. The number of benzene rings is 1. The van der Waals surface area contributed by atoms with E-state index in [-0.39, 0.29) is 5.54 Å². The molecule has 1 aromatic carbocycles. The lowest BCUT2D eigenvalue weighted by Crippen LogP contribution is -2.37. The first-order valence-corrected chi connectivity index (χ1v) is 8.55. The molecule has 0 aromatic heterocycles. The van der Waals surface area contributed by atoms with Crippen molar-refractivity contribution in [3.8, 4) is 11.5 Å². The van der Waals surface area contributed by atoms with Crippen LogP contribution in [0.3, 0.4) is 0 Å². The minimum atomic E-state index is 0.128. The third-order valence-corrected chi connectivity index (χ3v) is 4.25. The molecule has 0 saturated carbocycles. The van der Waals surface area contributed by atoms with Gasteiger partial charge in [-0.15, -0.1) is 0 Å². The summed E-state index contributed by atoms with van der Waals surface area (Å²) in [6.07, 6.45) is 2.07. The number of hydrogen-bond acceptors (Lipinski definition) is 3. The Morgan fingerprint density at radius 1 is 1.10 bits per heavy atom. The summed E-state index contributed by atoms with van der Waals surface area (Å²) >= 11 is 3.64. The first-order chi connectivity index (χ1) is 9.93. The SMILES string of the molecule is CCCOc1cc(Br)c(CNC(C)(C)CC)cc1OCC. The highest BCUT2D eigenvalue weighted by molar-refractivity contribution is 9.10. The Morgan fingerprint density at radius 3 is 2.33 bits per heavy atom. The van der Waals surface area contributed by atoms with Gasteiger partial charge in [0.25, 0.3) is 0 Å². The largest absolute Gasteiger partial charge is 0.490 e. The number of nitrogens with one attached hydrogen (secondary N) is 1. The van der Waals surface area contributed by atoms with Gasteiger partial charge in [0.2, 0.25) is 0 Å². The van der Waals surface area contributed by atoms with Crippen LogP contribution in [0.2, 0.25) is 0 Å². The maximum Gasteiger partial charge on any atom is 0.162 e. The monoisotopic (exact) mass is 357 g/mol. The van der Waals surface area contributed by atoms with Crippen molar-refractivity contribution in [2.24, 2.45) is 0 Å². The standard InChI is InChI=1S/C17H28BrNO2/c1-6-9-21-16-11-14(18)13(10-15(16)20-8-3)12-19-17(4,5)7-2/h10-11,19H,6-9,12H2,1-5H3. The third kappa shape index (κ3) is 5.87. The quantitative estimate of drug-likeness (QED) is 0.680. The van der Waals surface area contributed by atoms with Gasteiger partial charge in [-0.05, 0) is 51.3 Å². The van der Waals surface area contributed by atoms with Crippen molar-refractivity contribution < 1.29 is 9.47 Å². The van der Waals surface area contributed by atoms with Gasteiger partial charge >= 0.3 is 0 Å². The summed E-state index contributed by atoms with van der Waals surface area (Å²) in [5.41, 5.74) is 1.31. The van der Waals surface area contributed by atoms with Gasteiger partial charge in [0.15, 0.2) is 11.5 Å². The van der Waals surface area contributed by atoms with E-state index in [0.29, 0.717) is 13.2 Å². The van der Waals surface area contributed by atoms with Crippen molar-refractivity contribution >= 4 is 15.9 Å². The Balaban J connectivity index is 2.92. The van der Waals surface area contributed by atoms with Gasteiger partial charge in [-0.2, -0.15) is 0 Å². The highest BCUT2D eigenvalue weighted by atomic mass is 79.9. The maximum atomic E-state index is 5.77. The van der Waals surface area contributed by atoms with Crippen LogP contribution in [-0.2, 0) is 6.54 Å². The van der Waals surface area contributed by atoms with E-state index in [1.54, 1.807) is 0 Å². The van der Waals surface area contributed by atoms with Gasteiger partial charge in [-0.25, -0.2) is 0 Å². The second-order valence-corrected chi connectivity index (χ2v) is 6.62. The predicted molar refractivity (Wildman–Crippen MR) is 92.3 cm³/mol. The topological polar surface area (TPSA) is 30.5 Å². The summed E-state index contributed by atoms with van der Waals surface area (Å²) in [5, 5.41) is 3.57. The molecule has 0 radical (unpaired) electrons. The van der Waals surface area contributed by atoms with E-state index in [0.717, 1.165) is 35.4 Å². The van der Waals surface area contributed by atoms with E-state index >= 15 is 0 Å². The third-order valence-electron chi connectivity index (χ3n) is 3.52. The van der Waals surface area contributed by atoms with E-state index in [1.807, 2.05) is 13.0 Å². The van der Waals surface area contributed by atoms with Gasteiger partial charge in [0, 0.05) is 16.6 Å². The molecule has 0 heterocycles. The molecule has 120 valence electrons. The van der Waals surface area contributed by atoms with Crippen LogP contribution in [0.15, 0.2) is 16.6 Å². The molecule has 0 bridgehead atoms. The average molecular weight is 358 g/mol. The predicted octanol–water partition coefficient (Wildman–Crippen LogP) is 4.91. The Morgan fingerprint density at radius 2 is 1.76 bits per heavy atom. The lowest BCUT2D eigenvalue weighted by Gasteiger charge is -2.25. The fourth-order valence-electron chi connectivity index (χ4n) is 1.77. The van der Waals surface area contributed by atoms with Crippen LogP contribution in [0.5, 0.6) is 11.5 Å². The molecule has 1 N–H and O–H groups in total. The van der Waals surface area contributed by atoms with Crippen molar-refractivity contribution in [1.82, 2.24) is 5.32 Å². The molecule has 0 amide bonds. The van der Waals surface area contributed by atoms with Crippen LogP contribution in [0, 0.1) is 0 Å². The normalized spacial score (nSPS) is 11.5. The zero-order valence-electron chi connectivity index (χ0n) is 13.9. The van der Waals surface area contributed by atoms with Crippen LogP contribution in [0.4, 0.5) is 0 Å². The molecule has 0 fully saturated rings. The molecule has 21 heavy (non-hydrogen) atoms. The minimum Gasteiger partial charge on any atom is -0.490 e. The molecule has 0 aliphatic rings. The molecule has 0 spiro atoms. The number of rotatable bonds is 9. The van der Waals surface area contributed by atoms with E-state index in [9.17, 15) is 0 Å². The maximum absolute atomic E-state index is 5.77. The highest BCUT2D eigenvalue weighted by Crippen LogP contribution is 2.34. The van der Waals surface area contributed by atoms with Gasteiger partial charge < -0.3 is 14.8 Å². The lowest BCUT2D eigenvalue weighted by atomic mass is 10.0. The van der Waals surface area contributed by atoms with E-state index in [1.165, 1.54) is 5.56 Å². The lowest BCUT2D eigenvalue weighted by molar-refractivity contribution is 0.276. The fourth-order valence-corrected chi connectivity index (χ4v) is 2.23. The second-order valence-electron chi connectivity index (χ2n) is 5.76. The summed E-state index contributed by atoms with van der Waals surface area (Å²) < 4.78 is 12.5. The average Bonchev–Trinajstić information content (AvgIpc) is 2.46. The molecule has 1 aromatic rings. The van der Waals surface area contributed by atoms with Crippen LogP contribution in [-0.4, -0.2) is 18.8 Å². The number of hydrogen-bond donors (Lipinski definition) is 1. The summed E-state index contributed by atoms with van der Waals surface area (Å²) in [5.74, 6) is 1.63. The molecular formula is C17H28BrNO2. The molecule has 0 saturated heterocycles. The van der Waals surface area contributed by atoms with Gasteiger partial charge in [-0.3, -0.25) is 0 Å². The summed E-state index contributed by atoms with van der Waals surface area (Å²) in [6, 6.07) is 4.08. The van der Waals surface area contributed by atoms with Crippen LogP contribution < -0.4 is 14.8 Å². The zero-order valence-corrected chi connectivity index (χ0v) is 15.5. The van der Waals surface area contributed by atoms with E-state index < -0.39 is 0 Å². The Hall–Kier alpha value is -0.740. The van der Waals surface area contributed by atoms with Gasteiger partial charge in [0.05, 0.1) is 13.2 Å². The summed E-state index contributed by atoms with van der Waals surface area (Å²) in [7, 11) is 0. The fraction of sp³-hybridized carbons (Fsp3) is 0.647. The zero-order chi connectivity index (χ0) is 15.9. The van der Waals surface area contributed by atoms with Gasteiger partial charge in [0.1, 0.15) is 0 Å². The number of ether oxygens (including phenoxy) is 2. The van der Waals surface area contributed by atoms with Crippen molar-refractivity contribution in [3.63, 3.8) is 0 Å². The molecule has 0 atom stereocenters. The molecule has 0 aliphatic carbocycles. The van der Waals surface area contributed by atoms with Crippen molar-refractivity contribution in [3.05, 3.63) is 22.2 Å². The van der Waals surface area contributed by atoms with Crippen LogP contribution in [0.1, 0.15) is 53.0 Å². The Bertz CT molecular complexity index is 447. The molecule has 0 aliphatic heterocycles. The Labute approximate surface area is 137 Å². The van der Waals surface area contributed by atoms with Crippen molar-refractivity contribution in [1.29, 1.82) is 0 Å². The van der Waals surface area contributed by atoms with E-state index in [4.69, 9.17) is 9.47 Å². The first-order valence-electron chi connectivity index (χ1n) is 7.76. The van der Waals surface area contributed by atoms with Crippen molar-refractivity contribution in [2.45, 2.75) is 59.5 Å². The highest BCUT2D eigenvalue weighted by Gasteiger charge is 2.16. The number of halogens is 1. The molecular weight excluding hydrogens is 330 g/mol. The molecule has 1 rings (SSSR count). The Kier molecular flexibility index (Phi) is 7.53. The molecule has 4 heteroatoms. The van der Waals surface area contributed by atoms with Crippen molar-refractivity contribution in [2.75, 3.05) is 13.2 Å². The second kappa shape index (κ2) is 8.64. The van der Waals surface area contributed by atoms with Crippen LogP contribution in [0.25, 0.3) is 0 Å². The van der Waals surface area contributed by atoms with E-state index in [2.05, 4.69) is 55.0 Å². The first kappa shape index (κ1) is 18.3. The van der Waals surface area contributed by atoms with Gasteiger partial charge in [-0.1, -0.05) is 29.8 Å². The molecule has 3 nitrogen and oxygen atoms in total. The minimum absolute atomic E-state index is 0.128. The van der Waals surface area contributed by atoms with Crippen LogP contribution >= 0.6 is 15.9 Å². The summed E-state index contributed by atoms with van der Waals surface area (Å²) in [4.78, 5) is 0. The molecule has 0 unspecified atom stereocenters.